The minimum absolute atomic E-state index is 0.0250. The molecule has 4 aliphatic carbocycles. The van der Waals surface area contributed by atoms with E-state index in [4.69, 9.17) is 14.2 Å². The largest absolute Gasteiger partial charge is 0.478 e. The Labute approximate surface area is 406 Å². The molecule has 4 aliphatic rings. The van der Waals surface area contributed by atoms with Crippen LogP contribution in [0.25, 0.3) is 0 Å². The van der Waals surface area contributed by atoms with Crippen LogP contribution in [0.15, 0.2) is 72.8 Å². The number of aromatic carboxylic acids is 1. The van der Waals surface area contributed by atoms with E-state index in [1.807, 2.05) is 33.8 Å². The summed E-state index contributed by atoms with van der Waals surface area (Å²) < 4.78 is 17.4. The van der Waals surface area contributed by atoms with E-state index < -0.39 is 22.2 Å². The molecular formula is C59H68O10. The Morgan fingerprint density at radius 1 is 0.609 bits per heavy atom. The SMILES string of the molecule is CC(C)c1cc2c(cc1C(=O)c1ccccc1OC=O)C1(C)CCCC(C)(C(=O)OCCCOC(=O)C3(C)CCCC4(C)c5cc(C(=O)c6ccccc6C(=O)O)c(C(C)C)cc5CCC34)C1CC2. The molecule has 0 bridgehead atoms. The first-order valence-corrected chi connectivity index (χ1v) is 25.1. The van der Waals surface area contributed by atoms with E-state index in [0.717, 1.165) is 73.6 Å². The van der Waals surface area contributed by atoms with Crippen LogP contribution in [0.4, 0.5) is 0 Å². The van der Waals surface area contributed by atoms with Crippen molar-refractivity contribution in [2.24, 2.45) is 22.7 Å². The maximum absolute atomic E-state index is 14.3. The highest BCUT2D eigenvalue weighted by molar-refractivity contribution is 6.15. The van der Waals surface area contributed by atoms with Gasteiger partial charge in [-0.3, -0.25) is 24.0 Å². The zero-order valence-corrected chi connectivity index (χ0v) is 41.6. The number of hydrogen-bond acceptors (Lipinski definition) is 9. The highest BCUT2D eigenvalue weighted by Gasteiger charge is 2.57. The number of fused-ring (bicyclic) bond motifs is 6. The molecule has 8 rings (SSSR count). The minimum Gasteiger partial charge on any atom is -0.478 e. The zero-order valence-electron chi connectivity index (χ0n) is 41.6. The van der Waals surface area contributed by atoms with Crippen LogP contribution in [0.3, 0.4) is 0 Å². The summed E-state index contributed by atoms with van der Waals surface area (Å²) in [7, 11) is 0. The molecule has 0 saturated heterocycles. The molecule has 10 heteroatoms. The minimum atomic E-state index is -1.15. The fourth-order valence-corrected chi connectivity index (χ4v) is 13.6. The molecule has 6 atom stereocenters. The Morgan fingerprint density at radius 3 is 1.49 bits per heavy atom. The number of para-hydroxylation sites is 1. The Bertz CT molecular complexity index is 2710. The first kappa shape index (κ1) is 49.5. The summed E-state index contributed by atoms with van der Waals surface area (Å²) in [5, 5.41) is 9.94. The molecule has 4 aromatic rings. The van der Waals surface area contributed by atoms with Crippen LogP contribution in [0, 0.1) is 22.7 Å². The third-order valence-corrected chi connectivity index (χ3v) is 17.2. The van der Waals surface area contributed by atoms with Gasteiger partial charge in [0.1, 0.15) is 5.75 Å². The summed E-state index contributed by atoms with van der Waals surface area (Å²) in [6, 6.07) is 21.5. The van der Waals surface area contributed by atoms with Crippen molar-refractivity contribution in [1.82, 2.24) is 0 Å². The van der Waals surface area contributed by atoms with Gasteiger partial charge in [0.25, 0.3) is 6.47 Å². The molecule has 364 valence electrons. The molecule has 0 heterocycles. The lowest BCUT2D eigenvalue weighted by atomic mass is 9.49. The van der Waals surface area contributed by atoms with Crippen molar-refractivity contribution >= 4 is 35.9 Å². The van der Waals surface area contributed by atoms with Gasteiger partial charge in [-0.25, -0.2) is 4.79 Å². The molecule has 0 radical (unpaired) electrons. The number of carboxylic acids is 1. The maximum Gasteiger partial charge on any atom is 0.336 e. The Kier molecular flexibility index (Phi) is 13.7. The summed E-state index contributed by atoms with van der Waals surface area (Å²) in [4.78, 5) is 80.6. The average Bonchev–Trinajstić information content (AvgIpc) is 3.32. The van der Waals surface area contributed by atoms with Gasteiger partial charge < -0.3 is 19.3 Å². The van der Waals surface area contributed by atoms with Gasteiger partial charge in [0.2, 0.25) is 0 Å². The second-order valence-electron chi connectivity index (χ2n) is 21.9. The predicted molar refractivity (Wildman–Crippen MR) is 263 cm³/mol. The summed E-state index contributed by atoms with van der Waals surface area (Å²) in [6.45, 7) is 17.3. The topological polar surface area (TPSA) is 150 Å². The highest BCUT2D eigenvalue weighted by atomic mass is 16.5. The van der Waals surface area contributed by atoms with Crippen molar-refractivity contribution in [3.8, 4) is 5.75 Å². The smallest absolute Gasteiger partial charge is 0.336 e. The van der Waals surface area contributed by atoms with Gasteiger partial charge in [-0.15, -0.1) is 0 Å². The second-order valence-corrected chi connectivity index (χ2v) is 21.9. The number of ether oxygens (including phenoxy) is 3. The average molecular weight is 937 g/mol. The fraction of sp³-hybridized carbons (Fsp3) is 0.492. The lowest BCUT2D eigenvalue weighted by Gasteiger charge is -2.54. The van der Waals surface area contributed by atoms with Crippen molar-refractivity contribution < 1.29 is 48.1 Å². The Balaban J connectivity index is 0.945. The number of carbonyl (C=O) groups excluding carboxylic acids is 5. The van der Waals surface area contributed by atoms with Crippen LogP contribution < -0.4 is 4.74 Å². The molecule has 4 aromatic carbocycles. The monoisotopic (exact) mass is 936 g/mol. The van der Waals surface area contributed by atoms with Crippen LogP contribution in [-0.2, 0) is 47.5 Å². The lowest BCUT2D eigenvalue weighted by Crippen LogP contribution is -2.53. The quantitative estimate of drug-likeness (QED) is 0.0528. The molecule has 1 N–H and O–H groups in total. The molecule has 2 saturated carbocycles. The van der Waals surface area contributed by atoms with Crippen LogP contribution in [0.5, 0.6) is 5.75 Å². The van der Waals surface area contributed by atoms with Gasteiger partial charge in [0.15, 0.2) is 11.6 Å². The first-order chi connectivity index (χ1) is 32.8. The number of rotatable bonds is 15. The summed E-state index contributed by atoms with van der Waals surface area (Å²) in [5.74, 6) is -1.92. The molecule has 2 fully saturated rings. The molecule has 6 unspecified atom stereocenters. The van der Waals surface area contributed by atoms with E-state index in [1.54, 1.807) is 42.5 Å². The van der Waals surface area contributed by atoms with Gasteiger partial charge in [-0.1, -0.05) is 96.8 Å². The Hall–Kier alpha value is -5.90. The van der Waals surface area contributed by atoms with E-state index in [2.05, 4.69) is 45.9 Å². The van der Waals surface area contributed by atoms with Gasteiger partial charge in [0, 0.05) is 23.1 Å². The van der Waals surface area contributed by atoms with E-state index in [1.165, 1.54) is 17.2 Å². The number of hydrogen-bond donors (Lipinski definition) is 1. The van der Waals surface area contributed by atoms with Gasteiger partial charge in [-0.2, -0.15) is 0 Å². The molecule has 0 aromatic heterocycles. The molecule has 10 nitrogen and oxygen atoms in total. The summed E-state index contributed by atoms with van der Waals surface area (Å²) in [6.07, 6.45) is 8.20. The van der Waals surface area contributed by atoms with Crippen LogP contribution in [0.2, 0.25) is 0 Å². The van der Waals surface area contributed by atoms with E-state index >= 15 is 0 Å². The fourth-order valence-electron chi connectivity index (χ4n) is 13.6. The van der Waals surface area contributed by atoms with Gasteiger partial charge >= 0.3 is 17.9 Å². The number of aryl methyl sites for hydroxylation is 2. The van der Waals surface area contributed by atoms with Crippen LogP contribution in [-0.4, -0.2) is 54.3 Å². The van der Waals surface area contributed by atoms with Crippen LogP contribution in [0.1, 0.15) is 201 Å². The number of carboxylic acid groups (broad SMARTS) is 1. The number of esters is 2. The second kappa shape index (κ2) is 19.1. The first-order valence-electron chi connectivity index (χ1n) is 25.1. The predicted octanol–water partition coefficient (Wildman–Crippen LogP) is 11.8. The highest BCUT2D eigenvalue weighted by Crippen LogP contribution is 2.60. The molecule has 0 amide bonds. The third kappa shape index (κ3) is 8.64. The van der Waals surface area contributed by atoms with E-state index in [9.17, 15) is 33.9 Å². The summed E-state index contributed by atoms with van der Waals surface area (Å²) in [5.41, 5.74) is 5.58. The third-order valence-electron chi connectivity index (χ3n) is 17.2. The van der Waals surface area contributed by atoms with Gasteiger partial charge in [0.05, 0.1) is 35.2 Å². The maximum atomic E-state index is 14.3. The number of ketones is 2. The zero-order chi connectivity index (χ0) is 49.6. The Morgan fingerprint density at radius 2 is 1.04 bits per heavy atom. The van der Waals surface area contributed by atoms with Crippen LogP contribution >= 0.6 is 0 Å². The lowest BCUT2D eigenvalue weighted by molar-refractivity contribution is -0.167. The standard InChI is InChI=1S/C59H68O10/c1-35(2)42-30-37-20-22-49-56(5,46(37)32-44(42)51(61)39-16-9-10-17-40(39)53(63)64)24-13-26-58(49,7)54(65)67-28-15-29-68-55(66)59(8)27-14-25-57(6)47-33-45(43(36(3)4)31-38(47)21-23-50(57)59)52(62)41-18-11-12-19-48(41)69-34-60/h9-12,16-19,30-36,49-50H,13-15,20-29H2,1-8H3,(H,63,64). The molecule has 69 heavy (non-hydrogen) atoms. The molecule has 0 aliphatic heterocycles. The normalized spacial score (nSPS) is 25.9. The summed E-state index contributed by atoms with van der Waals surface area (Å²) >= 11 is 0. The van der Waals surface area contributed by atoms with Gasteiger partial charge in [-0.05, 0) is 163 Å². The molecular weight excluding hydrogens is 869 g/mol. The van der Waals surface area contributed by atoms with E-state index in [-0.39, 0.29) is 82.7 Å². The number of benzene rings is 4. The molecule has 0 spiro atoms. The van der Waals surface area contributed by atoms with Crippen molar-refractivity contribution in [2.45, 2.75) is 149 Å². The van der Waals surface area contributed by atoms with Crippen molar-refractivity contribution in [3.05, 3.63) is 134 Å². The van der Waals surface area contributed by atoms with E-state index in [0.29, 0.717) is 42.4 Å². The van der Waals surface area contributed by atoms with Crippen molar-refractivity contribution in [2.75, 3.05) is 13.2 Å². The van der Waals surface area contributed by atoms with Crippen molar-refractivity contribution in [1.29, 1.82) is 0 Å². The number of carbonyl (C=O) groups is 6. The van der Waals surface area contributed by atoms with Crippen molar-refractivity contribution in [3.63, 3.8) is 0 Å².